The van der Waals surface area contributed by atoms with Crippen molar-refractivity contribution in [3.8, 4) is 0 Å². The quantitative estimate of drug-likeness (QED) is 0.765. The normalized spacial score (nSPS) is 26.5. The highest BCUT2D eigenvalue weighted by Gasteiger charge is 2.46. The molecule has 3 nitrogen and oxygen atoms in total. The van der Waals surface area contributed by atoms with Gasteiger partial charge in [0.25, 0.3) is 0 Å². The number of piperidine rings is 1. The van der Waals surface area contributed by atoms with Crippen LogP contribution >= 0.6 is 35.3 Å². The van der Waals surface area contributed by atoms with Crippen LogP contribution in [0, 0.1) is 5.41 Å². The van der Waals surface area contributed by atoms with Gasteiger partial charge in [0.15, 0.2) is 4.47 Å². The fraction of sp³-hybridized carbons (Fsp3) is 0.700. The Balaban J connectivity index is 0.000000963. The van der Waals surface area contributed by atoms with Gasteiger partial charge in [-0.1, -0.05) is 11.6 Å². The van der Waals surface area contributed by atoms with Gasteiger partial charge in [0.1, 0.15) is 0 Å². The second-order valence-corrected chi connectivity index (χ2v) is 6.16. The summed E-state index contributed by atoms with van der Waals surface area (Å²) >= 11 is 7.47. The second kappa shape index (κ2) is 4.42. The molecular weight excluding hydrogens is 265 g/mol. The second-order valence-electron chi connectivity index (χ2n) is 4.54. The molecule has 1 aliphatic carbocycles. The Morgan fingerprint density at radius 3 is 2.75 bits per heavy atom. The third-order valence-corrected chi connectivity index (χ3v) is 5.05. The van der Waals surface area contributed by atoms with E-state index in [9.17, 15) is 0 Å². The standard InChI is InChI=1S/C10H14ClN3S.ClH/c11-9-14-6-5-10(1-3-13-4-2-10)8(12)7(6)15-9;/h8,13H,1-5,12H2;1H/t8-;/m1./s1. The summed E-state index contributed by atoms with van der Waals surface area (Å²) in [6.45, 7) is 2.16. The van der Waals surface area contributed by atoms with Crippen molar-refractivity contribution in [1.29, 1.82) is 0 Å². The molecule has 1 spiro atoms. The van der Waals surface area contributed by atoms with Gasteiger partial charge in [-0.3, -0.25) is 0 Å². The first-order valence-electron chi connectivity index (χ1n) is 5.33. The fourth-order valence-corrected chi connectivity index (χ4v) is 4.14. The molecule has 6 heteroatoms. The van der Waals surface area contributed by atoms with Crippen LogP contribution in [0.25, 0.3) is 0 Å². The summed E-state index contributed by atoms with van der Waals surface area (Å²) in [5.41, 5.74) is 7.77. The summed E-state index contributed by atoms with van der Waals surface area (Å²) in [5.74, 6) is 0. The first-order valence-corrected chi connectivity index (χ1v) is 6.52. The topological polar surface area (TPSA) is 50.9 Å². The number of nitrogens with one attached hydrogen (secondary N) is 1. The van der Waals surface area contributed by atoms with E-state index in [2.05, 4.69) is 10.3 Å². The molecule has 3 rings (SSSR count). The largest absolute Gasteiger partial charge is 0.323 e. The number of nitrogens with zero attached hydrogens (tertiary/aromatic N) is 1. The number of rotatable bonds is 0. The summed E-state index contributed by atoms with van der Waals surface area (Å²) in [7, 11) is 0. The van der Waals surface area contributed by atoms with Crippen LogP contribution in [-0.4, -0.2) is 18.1 Å². The molecule has 16 heavy (non-hydrogen) atoms. The van der Waals surface area contributed by atoms with Gasteiger partial charge in [0, 0.05) is 10.9 Å². The van der Waals surface area contributed by atoms with E-state index in [1.807, 2.05) is 0 Å². The Kier molecular flexibility index (Phi) is 3.48. The van der Waals surface area contributed by atoms with E-state index in [0.717, 1.165) is 38.0 Å². The van der Waals surface area contributed by atoms with E-state index in [1.165, 1.54) is 4.88 Å². The van der Waals surface area contributed by atoms with Crippen molar-refractivity contribution in [2.24, 2.45) is 11.1 Å². The average molecular weight is 280 g/mol. The Morgan fingerprint density at radius 2 is 2.12 bits per heavy atom. The molecule has 1 fully saturated rings. The highest BCUT2D eigenvalue weighted by molar-refractivity contribution is 7.16. The molecule has 2 heterocycles. The fourth-order valence-electron chi connectivity index (χ4n) is 2.84. The van der Waals surface area contributed by atoms with Gasteiger partial charge >= 0.3 is 0 Å². The zero-order chi connectivity index (χ0) is 10.5. The summed E-state index contributed by atoms with van der Waals surface area (Å²) < 4.78 is 0.638. The lowest BCUT2D eigenvalue weighted by Crippen LogP contribution is -2.42. The molecule has 1 aromatic rings. The monoisotopic (exact) mass is 279 g/mol. The first-order chi connectivity index (χ1) is 7.21. The van der Waals surface area contributed by atoms with Gasteiger partial charge < -0.3 is 11.1 Å². The smallest absolute Gasteiger partial charge is 0.184 e. The molecule has 90 valence electrons. The lowest BCUT2D eigenvalue weighted by Gasteiger charge is -2.37. The highest BCUT2D eigenvalue weighted by atomic mass is 35.5. The minimum Gasteiger partial charge on any atom is -0.323 e. The van der Waals surface area contributed by atoms with Gasteiger partial charge in [0.05, 0.1) is 5.69 Å². The molecule has 0 radical (unpaired) electrons. The summed E-state index contributed by atoms with van der Waals surface area (Å²) in [6.07, 6.45) is 3.35. The third kappa shape index (κ3) is 1.77. The van der Waals surface area contributed by atoms with E-state index in [0.29, 0.717) is 4.47 Å². The Morgan fingerprint density at radius 1 is 1.44 bits per heavy atom. The summed E-state index contributed by atoms with van der Waals surface area (Å²) in [6, 6.07) is 0.152. The average Bonchev–Trinajstić information content (AvgIpc) is 2.68. The van der Waals surface area contributed by atoms with E-state index >= 15 is 0 Å². The zero-order valence-electron chi connectivity index (χ0n) is 8.83. The number of halogens is 2. The van der Waals surface area contributed by atoms with Crippen LogP contribution in [0.2, 0.25) is 4.47 Å². The van der Waals surface area contributed by atoms with Gasteiger partial charge in [-0.25, -0.2) is 4.98 Å². The number of thiazole rings is 1. The van der Waals surface area contributed by atoms with E-state index in [-0.39, 0.29) is 23.9 Å². The molecule has 1 atom stereocenters. The number of hydrogen-bond donors (Lipinski definition) is 2. The zero-order valence-corrected chi connectivity index (χ0v) is 11.2. The molecule has 0 amide bonds. The molecule has 1 aliphatic heterocycles. The molecule has 0 bridgehead atoms. The van der Waals surface area contributed by atoms with E-state index in [1.54, 1.807) is 11.3 Å². The Hall–Kier alpha value is 0.130. The third-order valence-electron chi connectivity index (χ3n) is 3.76. The maximum atomic E-state index is 6.35. The highest BCUT2D eigenvalue weighted by Crippen LogP contribution is 2.51. The lowest BCUT2D eigenvalue weighted by atomic mass is 9.74. The Labute approximate surface area is 110 Å². The van der Waals surface area contributed by atoms with Crippen molar-refractivity contribution < 1.29 is 0 Å². The van der Waals surface area contributed by atoms with Crippen LogP contribution in [0.5, 0.6) is 0 Å². The molecule has 0 unspecified atom stereocenters. The van der Waals surface area contributed by atoms with Crippen molar-refractivity contribution in [1.82, 2.24) is 10.3 Å². The number of aromatic nitrogens is 1. The molecule has 1 saturated heterocycles. The Bertz CT molecular complexity index is 387. The SMILES string of the molecule is Cl.N[C@@H]1c2sc(Cl)nc2CC12CCNCC2. The van der Waals surface area contributed by atoms with Crippen molar-refractivity contribution in [3.63, 3.8) is 0 Å². The van der Waals surface area contributed by atoms with Gasteiger partial charge in [0.2, 0.25) is 0 Å². The van der Waals surface area contributed by atoms with Crippen LogP contribution < -0.4 is 11.1 Å². The molecular formula is C10H15Cl2N3S. The van der Waals surface area contributed by atoms with Gasteiger partial charge in [-0.15, -0.1) is 23.7 Å². The summed E-state index contributed by atoms with van der Waals surface area (Å²) in [5, 5.41) is 3.39. The molecule has 3 N–H and O–H groups in total. The number of nitrogens with two attached hydrogens (primary N) is 1. The van der Waals surface area contributed by atoms with Crippen molar-refractivity contribution in [3.05, 3.63) is 15.0 Å². The van der Waals surface area contributed by atoms with Crippen LogP contribution in [0.15, 0.2) is 0 Å². The van der Waals surface area contributed by atoms with Crippen LogP contribution in [0.1, 0.15) is 29.5 Å². The van der Waals surface area contributed by atoms with Crippen molar-refractivity contribution >= 4 is 35.3 Å². The number of fused-ring (bicyclic) bond motifs is 1. The molecule has 1 aromatic heterocycles. The minimum absolute atomic E-state index is 0. The maximum Gasteiger partial charge on any atom is 0.184 e. The molecule has 0 aromatic carbocycles. The van der Waals surface area contributed by atoms with Gasteiger partial charge in [-0.2, -0.15) is 0 Å². The number of hydrogen-bond acceptors (Lipinski definition) is 4. The predicted molar refractivity (Wildman–Crippen MR) is 69.5 cm³/mol. The van der Waals surface area contributed by atoms with Crippen LogP contribution in [0.3, 0.4) is 0 Å². The first kappa shape index (κ1) is 12.6. The van der Waals surface area contributed by atoms with Crippen LogP contribution in [0.4, 0.5) is 0 Å². The summed E-state index contributed by atoms with van der Waals surface area (Å²) in [4.78, 5) is 5.60. The van der Waals surface area contributed by atoms with E-state index < -0.39 is 0 Å². The predicted octanol–water partition coefficient (Wildman–Crippen LogP) is 2.14. The van der Waals surface area contributed by atoms with Crippen LogP contribution in [-0.2, 0) is 6.42 Å². The lowest BCUT2D eigenvalue weighted by molar-refractivity contribution is 0.174. The maximum absolute atomic E-state index is 6.35. The molecule has 0 saturated carbocycles. The van der Waals surface area contributed by atoms with Crippen molar-refractivity contribution in [2.75, 3.05) is 13.1 Å². The molecule has 2 aliphatic rings. The van der Waals surface area contributed by atoms with E-state index in [4.69, 9.17) is 17.3 Å². The van der Waals surface area contributed by atoms with Gasteiger partial charge in [-0.05, 0) is 37.8 Å². The minimum atomic E-state index is 0. The van der Waals surface area contributed by atoms with Crippen molar-refractivity contribution in [2.45, 2.75) is 25.3 Å².